The Morgan fingerprint density at radius 3 is 2.37 bits per heavy atom. The minimum atomic E-state index is -4.04. The third-order valence-corrected chi connectivity index (χ3v) is 3.98. The number of aromatic amines is 1. The van der Waals surface area contributed by atoms with Crippen molar-refractivity contribution >= 4 is 11.0 Å². The fraction of sp³-hybridized carbons (Fsp3) is 0.500. The van der Waals surface area contributed by atoms with Gasteiger partial charge >= 0.3 is 6.18 Å². The summed E-state index contributed by atoms with van der Waals surface area (Å²) in [5.74, 6) is -0.166. The number of aromatic nitrogens is 2. The molecule has 5 heteroatoms. The number of nitrogens with one attached hydrogen (secondary N) is 1. The molecule has 1 fully saturated rings. The Morgan fingerprint density at radius 1 is 1.05 bits per heavy atom. The SMILES string of the molecule is FC(F)(F)C1CCC(c2nc3ccccc3[nH]2)CC1. The van der Waals surface area contributed by atoms with E-state index in [0.717, 1.165) is 16.9 Å². The van der Waals surface area contributed by atoms with E-state index in [1.165, 1.54) is 0 Å². The smallest absolute Gasteiger partial charge is 0.342 e. The number of hydrogen-bond donors (Lipinski definition) is 1. The zero-order valence-corrected chi connectivity index (χ0v) is 10.4. The molecule has 0 unspecified atom stereocenters. The van der Waals surface area contributed by atoms with Gasteiger partial charge in [-0.15, -0.1) is 0 Å². The second kappa shape index (κ2) is 4.54. The lowest BCUT2D eigenvalue weighted by atomic mass is 9.81. The maximum absolute atomic E-state index is 12.6. The van der Waals surface area contributed by atoms with E-state index in [1.807, 2.05) is 24.3 Å². The second-order valence-corrected chi connectivity index (χ2v) is 5.23. The number of fused-ring (bicyclic) bond motifs is 1. The van der Waals surface area contributed by atoms with Crippen molar-refractivity contribution in [3.8, 4) is 0 Å². The molecule has 3 rings (SSSR count). The first kappa shape index (κ1) is 12.5. The lowest BCUT2D eigenvalue weighted by Gasteiger charge is -2.28. The number of para-hydroxylation sites is 2. The van der Waals surface area contributed by atoms with Crippen molar-refractivity contribution in [3.05, 3.63) is 30.1 Å². The van der Waals surface area contributed by atoms with Gasteiger partial charge in [-0.3, -0.25) is 0 Å². The van der Waals surface area contributed by atoms with Crippen molar-refractivity contribution in [2.45, 2.75) is 37.8 Å². The van der Waals surface area contributed by atoms with E-state index in [1.54, 1.807) is 0 Å². The fourth-order valence-electron chi connectivity index (χ4n) is 2.86. The highest BCUT2D eigenvalue weighted by Crippen LogP contribution is 2.42. The standard InChI is InChI=1S/C14H15F3N2/c15-14(16,17)10-7-5-9(6-8-10)13-18-11-3-1-2-4-12(11)19-13/h1-4,9-10H,5-8H2,(H,18,19). The Balaban J connectivity index is 1.74. The Morgan fingerprint density at radius 2 is 1.74 bits per heavy atom. The molecule has 0 aliphatic heterocycles. The van der Waals surface area contributed by atoms with Gasteiger partial charge in [-0.2, -0.15) is 13.2 Å². The summed E-state index contributed by atoms with van der Waals surface area (Å²) in [6, 6.07) is 7.68. The number of nitrogens with zero attached hydrogens (tertiary/aromatic N) is 1. The van der Waals surface area contributed by atoms with Gasteiger partial charge < -0.3 is 4.98 Å². The van der Waals surface area contributed by atoms with E-state index in [0.29, 0.717) is 12.8 Å². The number of rotatable bonds is 1. The number of hydrogen-bond acceptors (Lipinski definition) is 1. The highest BCUT2D eigenvalue weighted by molar-refractivity contribution is 5.74. The average Bonchev–Trinajstić information content (AvgIpc) is 2.81. The van der Waals surface area contributed by atoms with Gasteiger partial charge in [0, 0.05) is 5.92 Å². The van der Waals surface area contributed by atoms with Crippen LogP contribution in [0.3, 0.4) is 0 Å². The molecule has 0 amide bonds. The molecule has 2 nitrogen and oxygen atoms in total. The lowest BCUT2D eigenvalue weighted by Crippen LogP contribution is -2.27. The molecule has 0 bridgehead atoms. The van der Waals surface area contributed by atoms with Crippen LogP contribution in [0.4, 0.5) is 13.2 Å². The molecule has 1 saturated carbocycles. The van der Waals surface area contributed by atoms with Crippen molar-refractivity contribution < 1.29 is 13.2 Å². The Bertz CT molecular complexity index is 532. The van der Waals surface area contributed by atoms with Crippen molar-refractivity contribution in [2.24, 2.45) is 5.92 Å². The van der Waals surface area contributed by atoms with E-state index in [4.69, 9.17) is 0 Å². The van der Waals surface area contributed by atoms with Crippen molar-refractivity contribution in [1.82, 2.24) is 9.97 Å². The zero-order valence-electron chi connectivity index (χ0n) is 10.4. The quantitative estimate of drug-likeness (QED) is 0.816. The van der Waals surface area contributed by atoms with Gasteiger partial charge in [0.05, 0.1) is 17.0 Å². The molecular formula is C14H15F3N2. The molecule has 102 valence electrons. The number of alkyl halides is 3. The topological polar surface area (TPSA) is 28.7 Å². The van der Waals surface area contributed by atoms with E-state index in [2.05, 4.69) is 9.97 Å². The van der Waals surface area contributed by atoms with E-state index < -0.39 is 12.1 Å². The zero-order chi connectivity index (χ0) is 13.5. The molecule has 1 aromatic carbocycles. The molecule has 1 heterocycles. The van der Waals surface area contributed by atoms with Crippen molar-refractivity contribution in [3.63, 3.8) is 0 Å². The number of imidazole rings is 1. The molecule has 0 saturated heterocycles. The van der Waals surface area contributed by atoms with Crippen LogP contribution in [0.2, 0.25) is 0 Å². The monoisotopic (exact) mass is 268 g/mol. The summed E-state index contributed by atoms with van der Waals surface area (Å²) in [5, 5.41) is 0. The first-order chi connectivity index (χ1) is 9.04. The second-order valence-electron chi connectivity index (χ2n) is 5.23. The summed E-state index contributed by atoms with van der Waals surface area (Å²) in [6.07, 6.45) is -2.50. The van der Waals surface area contributed by atoms with E-state index >= 15 is 0 Å². The summed E-state index contributed by atoms with van der Waals surface area (Å²) >= 11 is 0. The van der Waals surface area contributed by atoms with Gasteiger partial charge in [0.2, 0.25) is 0 Å². The first-order valence-electron chi connectivity index (χ1n) is 6.55. The van der Waals surface area contributed by atoms with Crippen LogP contribution < -0.4 is 0 Å². The summed E-state index contributed by atoms with van der Waals surface area (Å²) < 4.78 is 37.8. The number of halogens is 3. The summed E-state index contributed by atoms with van der Waals surface area (Å²) in [5.41, 5.74) is 1.84. The van der Waals surface area contributed by atoms with Crippen LogP contribution in [-0.4, -0.2) is 16.1 Å². The van der Waals surface area contributed by atoms with Gasteiger partial charge in [0.15, 0.2) is 0 Å². The maximum Gasteiger partial charge on any atom is 0.391 e. The van der Waals surface area contributed by atoms with E-state index in [9.17, 15) is 13.2 Å². The molecule has 1 aliphatic rings. The summed E-state index contributed by atoms with van der Waals surface area (Å²) in [4.78, 5) is 7.71. The molecule has 2 aromatic rings. The number of benzene rings is 1. The third kappa shape index (κ3) is 2.46. The average molecular weight is 268 g/mol. The maximum atomic E-state index is 12.6. The molecule has 1 aromatic heterocycles. The molecule has 1 N–H and O–H groups in total. The Hall–Kier alpha value is -1.52. The highest BCUT2D eigenvalue weighted by Gasteiger charge is 2.41. The minimum Gasteiger partial charge on any atom is -0.342 e. The van der Waals surface area contributed by atoms with Crippen molar-refractivity contribution in [2.75, 3.05) is 0 Å². The van der Waals surface area contributed by atoms with Crippen LogP contribution in [0.1, 0.15) is 37.4 Å². The van der Waals surface area contributed by atoms with Gasteiger partial charge in [-0.25, -0.2) is 4.98 Å². The van der Waals surface area contributed by atoms with Crippen molar-refractivity contribution in [1.29, 1.82) is 0 Å². The normalized spacial score (nSPS) is 24.8. The summed E-state index contributed by atoms with van der Waals surface area (Å²) in [7, 11) is 0. The Labute approximate surface area is 109 Å². The van der Waals surface area contributed by atoms with Gasteiger partial charge in [0.1, 0.15) is 5.82 Å². The molecule has 0 radical (unpaired) electrons. The fourth-order valence-corrected chi connectivity index (χ4v) is 2.86. The molecule has 0 atom stereocenters. The molecule has 19 heavy (non-hydrogen) atoms. The highest BCUT2D eigenvalue weighted by atomic mass is 19.4. The van der Waals surface area contributed by atoms with E-state index in [-0.39, 0.29) is 18.8 Å². The minimum absolute atomic E-state index is 0.131. The molecule has 0 spiro atoms. The predicted octanol–water partition coefficient (Wildman–Crippen LogP) is 4.40. The predicted molar refractivity (Wildman–Crippen MR) is 66.8 cm³/mol. The van der Waals surface area contributed by atoms with Crippen LogP contribution in [0.25, 0.3) is 11.0 Å². The van der Waals surface area contributed by atoms with Crippen LogP contribution in [0.5, 0.6) is 0 Å². The van der Waals surface area contributed by atoms with Crippen LogP contribution in [0.15, 0.2) is 24.3 Å². The first-order valence-corrected chi connectivity index (χ1v) is 6.55. The summed E-state index contributed by atoms with van der Waals surface area (Å²) in [6.45, 7) is 0. The molecular weight excluding hydrogens is 253 g/mol. The van der Waals surface area contributed by atoms with Crippen LogP contribution in [-0.2, 0) is 0 Å². The van der Waals surface area contributed by atoms with Crippen LogP contribution in [0, 0.1) is 5.92 Å². The van der Waals surface area contributed by atoms with Crippen LogP contribution >= 0.6 is 0 Å². The van der Waals surface area contributed by atoms with Gasteiger partial charge in [-0.05, 0) is 37.8 Å². The van der Waals surface area contributed by atoms with Gasteiger partial charge in [0.25, 0.3) is 0 Å². The Kier molecular flexibility index (Phi) is 2.99. The third-order valence-electron chi connectivity index (χ3n) is 3.98. The molecule has 1 aliphatic carbocycles. The van der Waals surface area contributed by atoms with Gasteiger partial charge in [-0.1, -0.05) is 12.1 Å². The lowest BCUT2D eigenvalue weighted by molar-refractivity contribution is -0.182. The number of H-pyrrole nitrogens is 1. The largest absolute Gasteiger partial charge is 0.391 e.